The maximum absolute atomic E-state index is 11.6. The SMILES string of the molecule is CC(=O)/C(=C(\C)O)c1nc2cc(C(C)(C)C)ccc2o1. The summed E-state index contributed by atoms with van der Waals surface area (Å²) >= 11 is 0. The zero-order chi connectivity index (χ0) is 15.1. The molecule has 1 N–H and O–H groups in total. The first-order valence-corrected chi connectivity index (χ1v) is 6.52. The molecule has 4 nitrogen and oxygen atoms in total. The van der Waals surface area contributed by atoms with E-state index in [1.807, 2.05) is 18.2 Å². The second-order valence-electron chi connectivity index (χ2n) is 5.97. The van der Waals surface area contributed by atoms with Crippen molar-refractivity contribution >= 4 is 22.5 Å². The fraction of sp³-hybridized carbons (Fsp3) is 0.375. The Kier molecular flexibility index (Phi) is 3.42. The van der Waals surface area contributed by atoms with Crippen LogP contribution < -0.4 is 0 Å². The number of nitrogens with zero attached hydrogens (tertiary/aromatic N) is 1. The number of carbonyl (C=O) groups excluding carboxylic acids is 1. The quantitative estimate of drug-likeness (QED) is 0.663. The van der Waals surface area contributed by atoms with Gasteiger partial charge in [-0.3, -0.25) is 4.79 Å². The maximum atomic E-state index is 11.6. The average Bonchev–Trinajstić information content (AvgIpc) is 2.68. The van der Waals surface area contributed by atoms with Gasteiger partial charge in [-0.2, -0.15) is 0 Å². The average molecular weight is 273 g/mol. The second kappa shape index (κ2) is 4.78. The Labute approximate surface area is 118 Å². The van der Waals surface area contributed by atoms with Crippen molar-refractivity contribution in [3.05, 3.63) is 35.4 Å². The van der Waals surface area contributed by atoms with Gasteiger partial charge in [0.25, 0.3) is 0 Å². The van der Waals surface area contributed by atoms with Crippen molar-refractivity contribution in [2.45, 2.75) is 40.0 Å². The number of oxazole rings is 1. The molecular formula is C16H19NO3. The van der Waals surface area contributed by atoms with Gasteiger partial charge in [0.1, 0.15) is 16.8 Å². The van der Waals surface area contributed by atoms with E-state index in [2.05, 4.69) is 25.8 Å². The summed E-state index contributed by atoms with van der Waals surface area (Å²) in [6, 6.07) is 5.78. The maximum Gasteiger partial charge on any atom is 0.234 e. The lowest BCUT2D eigenvalue weighted by Crippen LogP contribution is -2.10. The van der Waals surface area contributed by atoms with Crippen LogP contribution in [0.4, 0.5) is 0 Å². The number of ketones is 1. The number of rotatable bonds is 2. The van der Waals surface area contributed by atoms with E-state index >= 15 is 0 Å². The minimum absolute atomic E-state index is 0.0133. The summed E-state index contributed by atoms with van der Waals surface area (Å²) in [5.74, 6) is -0.189. The molecular weight excluding hydrogens is 254 g/mol. The van der Waals surface area contributed by atoms with Crippen molar-refractivity contribution < 1.29 is 14.3 Å². The molecule has 0 aliphatic heterocycles. The lowest BCUT2D eigenvalue weighted by Gasteiger charge is -2.18. The number of Topliss-reactive ketones (excluding diaryl/α,β-unsaturated/α-hetero) is 1. The van der Waals surface area contributed by atoms with E-state index in [0.29, 0.717) is 11.1 Å². The highest BCUT2D eigenvalue weighted by Gasteiger charge is 2.20. The van der Waals surface area contributed by atoms with Gasteiger partial charge < -0.3 is 9.52 Å². The summed E-state index contributed by atoms with van der Waals surface area (Å²) in [5.41, 5.74) is 2.57. The van der Waals surface area contributed by atoms with Crippen LogP contribution in [0.25, 0.3) is 16.7 Å². The molecule has 0 amide bonds. The van der Waals surface area contributed by atoms with Crippen molar-refractivity contribution in [3.63, 3.8) is 0 Å². The molecule has 0 aliphatic rings. The summed E-state index contributed by atoms with van der Waals surface area (Å²) in [5, 5.41) is 9.60. The van der Waals surface area contributed by atoms with E-state index in [0.717, 1.165) is 5.56 Å². The van der Waals surface area contributed by atoms with Gasteiger partial charge in [-0.25, -0.2) is 4.98 Å². The Hall–Kier alpha value is -2.10. The van der Waals surface area contributed by atoms with Crippen LogP contribution in [0, 0.1) is 0 Å². The molecule has 1 aromatic carbocycles. The number of fused-ring (bicyclic) bond motifs is 1. The summed E-state index contributed by atoms with van der Waals surface area (Å²) in [6.45, 7) is 9.19. The van der Waals surface area contributed by atoms with Gasteiger partial charge in [-0.05, 0) is 37.0 Å². The zero-order valence-corrected chi connectivity index (χ0v) is 12.4. The van der Waals surface area contributed by atoms with Crippen LogP contribution in [0.15, 0.2) is 28.4 Å². The minimum atomic E-state index is -0.271. The van der Waals surface area contributed by atoms with Gasteiger partial charge in [0.05, 0.1) is 0 Å². The molecule has 20 heavy (non-hydrogen) atoms. The molecule has 1 aromatic heterocycles. The minimum Gasteiger partial charge on any atom is -0.512 e. The van der Waals surface area contributed by atoms with Crippen LogP contribution in [0.2, 0.25) is 0 Å². The summed E-state index contributed by atoms with van der Waals surface area (Å²) in [7, 11) is 0. The topological polar surface area (TPSA) is 63.3 Å². The first-order chi connectivity index (χ1) is 9.20. The Balaban J connectivity index is 2.60. The van der Waals surface area contributed by atoms with Crippen molar-refractivity contribution in [1.29, 1.82) is 0 Å². The molecule has 0 fully saturated rings. The molecule has 0 saturated carbocycles. The Morgan fingerprint density at radius 3 is 2.40 bits per heavy atom. The molecule has 0 radical (unpaired) electrons. The van der Waals surface area contributed by atoms with Gasteiger partial charge in [-0.1, -0.05) is 26.8 Å². The Morgan fingerprint density at radius 1 is 1.25 bits per heavy atom. The summed E-state index contributed by atoms with van der Waals surface area (Å²) in [6.07, 6.45) is 0. The highest BCUT2D eigenvalue weighted by atomic mass is 16.4. The van der Waals surface area contributed by atoms with Gasteiger partial charge in [0.15, 0.2) is 11.4 Å². The molecule has 1 heterocycles. The summed E-state index contributed by atoms with van der Waals surface area (Å²) < 4.78 is 5.57. The number of aliphatic hydroxyl groups is 1. The van der Waals surface area contributed by atoms with Crippen molar-refractivity contribution in [1.82, 2.24) is 4.98 Å². The molecule has 2 rings (SSSR count). The first-order valence-electron chi connectivity index (χ1n) is 6.52. The van der Waals surface area contributed by atoms with E-state index in [-0.39, 0.29) is 28.4 Å². The molecule has 106 valence electrons. The number of aromatic nitrogens is 1. The highest BCUT2D eigenvalue weighted by molar-refractivity contribution is 6.19. The second-order valence-corrected chi connectivity index (χ2v) is 5.97. The van der Waals surface area contributed by atoms with Gasteiger partial charge in [0.2, 0.25) is 5.89 Å². The van der Waals surface area contributed by atoms with Crippen molar-refractivity contribution in [2.75, 3.05) is 0 Å². The number of carbonyl (C=O) groups is 1. The molecule has 0 aliphatic carbocycles. The zero-order valence-electron chi connectivity index (χ0n) is 12.4. The van der Waals surface area contributed by atoms with Crippen LogP contribution in [-0.2, 0) is 10.2 Å². The fourth-order valence-corrected chi connectivity index (χ4v) is 2.06. The predicted octanol–water partition coefficient (Wildman–Crippen LogP) is 4.00. The highest BCUT2D eigenvalue weighted by Crippen LogP contribution is 2.28. The van der Waals surface area contributed by atoms with Crippen molar-refractivity contribution in [3.8, 4) is 0 Å². The normalized spacial score (nSPS) is 13.4. The number of hydrogen-bond acceptors (Lipinski definition) is 4. The van der Waals surface area contributed by atoms with E-state index < -0.39 is 0 Å². The van der Waals surface area contributed by atoms with E-state index in [9.17, 15) is 9.90 Å². The first kappa shape index (κ1) is 14.3. The van der Waals surface area contributed by atoms with Crippen LogP contribution in [0.1, 0.15) is 46.1 Å². The van der Waals surface area contributed by atoms with E-state index in [1.165, 1.54) is 13.8 Å². The van der Waals surface area contributed by atoms with E-state index in [1.54, 1.807) is 0 Å². The monoisotopic (exact) mass is 273 g/mol. The standard InChI is InChI=1S/C16H19NO3/c1-9(18)14(10(2)19)15-17-12-8-11(16(3,4)5)6-7-13(12)20-15/h6-8,18H,1-5H3/b14-9-. The van der Waals surface area contributed by atoms with Gasteiger partial charge >= 0.3 is 0 Å². The molecule has 0 saturated heterocycles. The van der Waals surface area contributed by atoms with Crippen LogP contribution >= 0.6 is 0 Å². The largest absolute Gasteiger partial charge is 0.512 e. The van der Waals surface area contributed by atoms with Gasteiger partial charge in [-0.15, -0.1) is 0 Å². The number of allylic oxidation sites excluding steroid dienone is 2. The third-order valence-electron chi connectivity index (χ3n) is 3.18. The molecule has 0 unspecified atom stereocenters. The lowest BCUT2D eigenvalue weighted by atomic mass is 9.87. The van der Waals surface area contributed by atoms with Crippen molar-refractivity contribution in [2.24, 2.45) is 0 Å². The third-order valence-corrected chi connectivity index (χ3v) is 3.18. The Morgan fingerprint density at radius 2 is 1.90 bits per heavy atom. The fourth-order valence-electron chi connectivity index (χ4n) is 2.06. The van der Waals surface area contributed by atoms with Crippen LogP contribution in [0.3, 0.4) is 0 Å². The molecule has 0 spiro atoms. The molecule has 0 atom stereocenters. The van der Waals surface area contributed by atoms with Crippen LogP contribution in [0.5, 0.6) is 0 Å². The molecule has 4 heteroatoms. The Bertz CT molecular complexity index is 698. The number of benzene rings is 1. The molecule has 2 aromatic rings. The van der Waals surface area contributed by atoms with E-state index in [4.69, 9.17) is 4.42 Å². The number of aliphatic hydroxyl groups excluding tert-OH is 1. The summed E-state index contributed by atoms with van der Waals surface area (Å²) in [4.78, 5) is 15.9. The predicted molar refractivity (Wildman–Crippen MR) is 78.6 cm³/mol. The number of hydrogen-bond donors (Lipinski definition) is 1. The third kappa shape index (κ3) is 2.59. The smallest absolute Gasteiger partial charge is 0.234 e. The van der Waals surface area contributed by atoms with Crippen LogP contribution in [-0.4, -0.2) is 15.9 Å². The van der Waals surface area contributed by atoms with Gasteiger partial charge in [0, 0.05) is 0 Å². The lowest BCUT2D eigenvalue weighted by molar-refractivity contribution is -0.112. The molecule has 0 bridgehead atoms.